The second-order valence-corrected chi connectivity index (χ2v) is 3.54. The molecule has 0 saturated carbocycles. The molecule has 0 N–H and O–H groups in total. The van der Waals surface area contributed by atoms with Crippen LogP contribution in [0.25, 0.3) is 0 Å². The summed E-state index contributed by atoms with van der Waals surface area (Å²) >= 11 is 0. The van der Waals surface area contributed by atoms with E-state index in [1.54, 1.807) is 6.07 Å². The van der Waals surface area contributed by atoms with Gasteiger partial charge >= 0.3 is 0 Å². The molecule has 0 amide bonds. The molecule has 3 nitrogen and oxygen atoms in total. The number of hydrogen-bond acceptors (Lipinski definition) is 3. The summed E-state index contributed by atoms with van der Waals surface area (Å²) in [5, 5.41) is 8.73. The summed E-state index contributed by atoms with van der Waals surface area (Å²) in [7, 11) is 0. The van der Waals surface area contributed by atoms with Gasteiger partial charge in [-0.25, -0.2) is 4.98 Å². The van der Waals surface area contributed by atoms with E-state index in [0.717, 1.165) is 18.9 Å². The molecule has 0 aromatic carbocycles. The highest BCUT2D eigenvalue weighted by Crippen LogP contribution is 2.17. The van der Waals surface area contributed by atoms with Crippen LogP contribution in [0.1, 0.15) is 25.0 Å². The molecule has 0 radical (unpaired) electrons. The van der Waals surface area contributed by atoms with Crippen LogP contribution in [-0.2, 0) is 0 Å². The molecule has 2 heterocycles. The monoisotopic (exact) mass is 187 g/mol. The summed E-state index contributed by atoms with van der Waals surface area (Å²) in [6.07, 6.45) is 3.78. The first-order valence-corrected chi connectivity index (χ1v) is 5.02. The van der Waals surface area contributed by atoms with Crippen LogP contribution in [-0.4, -0.2) is 18.1 Å². The number of anilines is 1. The Morgan fingerprint density at radius 3 is 2.71 bits per heavy atom. The van der Waals surface area contributed by atoms with Crippen LogP contribution in [0, 0.1) is 11.3 Å². The van der Waals surface area contributed by atoms with Gasteiger partial charge in [0.2, 0.25) is 0 Å². The minimum absolute atomic E-state index is 0.507. The van der Waals surface area contributed by atoms with Crippen molar-refractivity contribution in [2.24, 2.45) is 0 Å². The van der Waals surface area contributed by atoms with Crippen LogP contribution < -0.4 is 4.90 Å². The molecule has 72 valence electrons. The maximum Gasteiger partial charge on any atom is 0.142 e. The van der Waals surface area contributed by atoms with E-state index in [1.807, 2.05) is 12.1 Å². The van der Waals surface area contributed by atoms with E-state index in [1.165, 1.54) is 19.3 Å². The molecule has 1 saturated heterocycles. The maximum absolute atomic E-state index is 8.73. The fourth-order valence-corrected chi connectivity index (χ4v) is 1.78. The average molecular weight is 187 g/mol. The van der Waals surface area contributed by atoms with Gasteiger partial charge in [0.1, 0.15) is 17.6 Å². The number of nitriles is 1. The van der Waals surface area contributed by atoms with Gasteiger partial charge in [0.05, 0.1) is 0 Å². The van der Waals surface area contributed by atoms with E-state index >= 15 is 0 Å². The molecule has 14 heavy (non-hydrogen) atoms. The lowest BCUT2D eigenvalue weighted by Crippen LogP contribution is -2.30. The van der Waals surface area contributed by atoms with E-state index in [0.29, 0.717) is 5.69 Å². The maximum atomic E-state index is 8.73. The second kappa shape index (κ2) is 4.10. The molecular formula is C11H13N3. The lowest BCUT2D eigenvalue weighted by Gasteiger charge is -2.27. The third kappa shape index (κ3) is 1.85. The molecule has 1 aliphatic heterocycles. The summed E-state index contributed by atoms with van der Waals surface area (Å²) in [4.78, 5) is 6.53. The van der Waals surface area contributed by atoms with Crippen LogP contribution >= 0.6 is 0 Å². The Morgan fingerprint density at radius 2 is 2.00 bits per heavy atom. The first kappa shape index (κ1) is 9.01. The third-order valence-corrected chi connectivity index (χ3v) is 2.53. The summed E-state index contributed by atoms with van der Waals surface area (Å²) in [6.45, 7) is 2.14. The Kier molecular flexibility index (Phi) is 2.64. The van der Waals surface area contributed by atoms with Gasteiger partial charge in [-0.15, -0.1) is 0 Å². The number of nitrogens with zero attached hydrogens (tertiary/aromatic N) is 3. The van der Waals surface area contributed by atoms with E-state index in [4.69, 9.17) is 5.26 Å². The van der Waals surface area contributed by atoms with Crippen LogP contribution in [0.3, 0.4) is 0 Å². The normalized spacial score (nSPS) is 16.4. The summed E-state index contributed by atoms with van der Waals surface area (Å²) in [6, 6.07) is 7.69. The van der Waals surface area contributed by atoms with Crippen molar-refractivity contribution in [1.82, 2.24) is 4.98 Å². The fourth-order valence-electron chi connectivity index (χ4n) is 1.78. The van der Waals surface area contributed by atoms with E-state index in [-0.39, 0.29) is 0 Å². The first-order valence-electron chi connectivity index (χ1n) is 5.02. The van der Waals surface area contributed by atoms with Gasteiger partial charge in [-0.05, 0) is 31.4 Å². The first-order chi connectivity index (χ1) is 6.90. The topological polar surface area (TPSA) is 39.9 Å². The van der Waals surface area contributed by atoms with Gasteiger partial charge in [0.15, 0.2) is 0 Å². The number of aromatic nitrogens is 1. The van der Waals surface area contributed by atoms with Crippen molar-refractivity contribution in [3.05, 3.63) is 23.9 Å². The molecule has 2 rings (SSSR count). The van der Waals surface area contributed by atoms with Gasteiger partial charge in [-0.2, -0.15) is 5.26 Å². The van der Waals surface area contributed by atoms with Crippen LogP contribution in [0.15, 0.2) is 18.2 Å². The molecule has 1 aromatic heterocycles. The minimum Gasteiger partial charge on any atom is -0.357 e. The van der Waals surface area contributed by atoms with Gasteiger partial charge in [-0.3, -0.25) is 0 Å². The Hall–Kier alpha value is -1.56. The molecule has 0 bridgehead atoms. The van der Waals surface area contributed by atoms with Crippen molar-refractivity contribution in [3.63, 3.8) is 0 Å². The third-order valence-electron chi connectivity index (χ3n) is 2.53. The second-order valence-electron chi connectivity index (χ2n) is 3.54. The highest BCUT2D eigenvalue weighted by atomic mass is 15.2. The molecular weight excluding hydrogens is 174 g/mol. The zero-order valence-corrected chi connectivity index (χ0v) is 8.11. The van der Waals surface area contributed by atoms with Gasteiger partial charge in [-0.1, -0.05) is 6.07 Å². The van der Waals surface area contributed by atoms with Crippen molar-refractivity contribution in [1.29, 1.82) is 5.26 Å². The smallest absolute Gasteiger partial charge is 0.142 e. The van der Waals surface area contributed by atoms with Gasteiger partial charge in [0, 0.05) is 13.1 Å². The van der Waals surface area contributed by atoms with Gasteiger partial charge in [0.25, 0.3) is 0 Å². The number of rotatable bonds is 1. The van der Waals surface area contributed by atoms with Crippen molar-refractivity contribution in [2.75, 3.05) is 18.0 Å². The average Bonchev–Trinajstić information content (AvgIpc) is 2.30. The molecule has 3 heteroatoms. The molecule has 0 unspecified atom stereocenters. The van der Waals surface area contributed by atoms with E-state index in [9.17, 15) is 0 Å². The Morgan fingerprint density at radius 1 is 1.21 bits per heavy atom. The minimum atomic E-state index is 0.507. The van der Waals surface area contributed by atoms with Crippen LogP contribution in [0.2, 0.25) is 0 Å². The number of hydrogen-bond donors (Lipinski definition) is 0. The van der Waals surface area contributed by atoms with Crippen LogP contribution in [0.4, 0.5) is 5.82 Å². The Balaban J connectivity index is 2.18. The summed E-state index contributed by atoms with van der Waals surface area (Å²) < 4.78 is 0. The van der Waals surface area contributed by atoms with Crippen molar-refractivity contribution >= 4 is 5.82 Å². The van der Waals surface area contributed by atoms with E-state index < -0.39 is 0 Å². The summed E-state index contributed by atoms with van der Waals surface area (Å²) in [5.74, 6) is 0.948. The predicted octanol–water partition coefficient (Wildman–Crippen LogP) is 1.94. The van der Waals surface area contributed by atoms with Crippen LogP contribution in [0.5, 0.6) is 0 Å². The predicted molar refractivity (Wildman–Crippen MR) is 55.0 cm³/mol. The number of piperidine rings is 1. The zero-order valence-electron chi connectivity index (χ0n) is 8.11. The quantitative estimate of drug-likeness (QED) is 0.674. The van der Waals surface area contributed by atoms with Crippen molar-refractivity contribution in [3.8, 4) is 6.07 Å². The number of pyridine rings is 1. The Bertz CT molecular complexity index is 348. The zero-order chi connectivity index (χ0) is 9.80. The fraction of sp³-hybridized carbons (Fsp3) is 0.455. The highest BCUT2D eigenvalue weighted by Gasteiger charge is 2.11. The Labute approximate surface area is 84.0 Å². The molecule has 1 fully saturated rings. The summed E-state index contributed by atoms with van der Waals surface area (Å²) in [5.41, 5.74) is 0.507. The largest absolute Gasteiger partial charge is 0.357 e. The molecule has 1 aliphatic rings. The standard InChI is InChI=1S/C11H13N3/c12-9-10-5-4-6-11(13-10)14-7-2-1-3-8-14/h4-6H,1-3,7-8H2. The lowest BCUT2D eigenvalue weighted by atomic mass is 10.1. The lowest BCUT2D eigenvalue weighted by molar-refractivity contribution is 0.573. The van der Waals surface area contributed by atoms with E-state index in [2.05, 4.69) is 16.0 Å². The molecule has 0 aliphatic carbocycles. The van der Waals surface area contributed by atoms with Crippen molar-refractivity contribution in [2.45, 2.75) is 19.3 Å². The molecule has 0 atom stereocenters. The SMILES string of the molecule is N#Cc1cccc(N2CCCCC2)n1. The van der Waals surface area contributed by atoms with Crippen molar-refractivity contribution < 1.29 is 0 Å². The highest BCUT2D eigenvalue weighted by molar-refractivity contribution is 5.41. The molecule has 1 aromatic rings. The molecule has 0 spiro atoms. The van der Waals surface area contributed by atoms with Gasteiger partial charge < -0.3 is 4.90 Å².